The van der Waals surface area contributed by atoms with Crippen molar-refractivity contribution in [1.29, 1.82) is 0 Å². The van der Waals surface area contributed by atoms with Crippen LogP contribution in [0.1, 0.15) is 6.42 Å². The highest BCUT2D eigenvalue weighted by Gasteiger charge is 2.63. The lowest BCUT2D eigenvalue weighted by molar-refractivity contribution is -0.152. The summed E-state index contributed by atoms with van der Waals surface area (Å²) in [5.41, 5.74) is 0.523. The Labute approximate surface area is 145 Å². The Morgan fingerprint density at radius 3 is 2.36 bits per heavy atom. The maximum atomic E-state index is 13.0. The van der Waals surface area contributed by atoms with E-state index in [1.165, 1.54) is 7.11 Å². The monoisotopic (exact) mass is 343 g/mol. The molecule has 0 heterocycles. The van der Waals surface area contributed by atoms with Gasteiger partial charge in [0.1, 0.15) is 11.5 Å². The van der Waals surface area contributed by atoms with E-state index in [0.29, 0.717) is 29.0 Å². The van der Waals surface area contributed by atoms with Crippen LogP contribution in [0.3, 0.4) is 0 Å². The van der Waals surface area contributed by atoms with Crippen LogP contribution >= 0.6 is 0 Å². The Morgan fingerprint density at radius 2 is 1.76 bits per heavy atom. The molecule has 1 amide bonds. The number of aliphatic carboxylic acids is 1. The summed E-state index contributed by atoms with van der Waals surface area (Å²) >= 11 is 0. The number of hydrogen-bond acceptors (Lipinski definition) is 4. The summed E-state index contributed by atoms with van der Waals surface area (Å²) in [7, 11) is 3.08. The predicted molar refractivity (Wildman–Crippen MR) is 90.5 cm³/mol. The number of carbonyl (C=O) groups excluding carboxylic acids is 1. The highest BCUT2D eigenvalue weighted by Crippen LogP contribution is 2.63. The van der Waals surface area contributed by atoms with Crippen molar-refractivity contribution in [2.75, 3.05) is 19.5 Å². The van der Waals surface area contributed by atoms with E-state index in [2.05, 4.69) is 5.32 Å². The number of methoxy groups -OCH3 is 2. The number of allylic oxidation sites excluding steroid dienone is 2. The van der Waals surface area contributed by atoms with Crippen molar-refractivity contribution in [1.82, 2.24) is 0 Å². The molecule has 5 rings (SSSR count). The molecule has 0 radical (unpaired) electrons. The van der Waals surface area contributed by atoms with Crippen LogP contribution < -0.4 is 14.8 Å². The number of carboxylic acids is 1. The Morgan fingerprint density at radius 1 is 1.08 bits per heavy atom. The van der Waals surface area contributed by atoms with Crippen molar-refractivity contribution in [3.8, 4) is 11.5 Å². The molecule has 6 heteroatoms. The fourth-order valence-electron chi connectivity index (χ4n) is 4.69. The molecule has 6 nitrogen and oxygen atoms in total. The van der Waals surface area contributed by atoms with Crippen molar-refractivity contribution in [2.24, 2.45) is 35.5 Å². The maximum absolute atomic E-state index is 13.0. The van der Waals surface area contributed by atoms with Gasteiger partial charge in [0, 0.05) is 6.07 Å². The Hall–Kier alpha value is -2.50. The molecule has 0 aromatic heterocycles. The molecule has 1 aromatic carbocycles. The third-order valence-corrected chi connectivity index (χ3v) is 5.91. The molecule has 132 valence electrons. The van der Waals surface area contributed by atoms with Crippen LogP contribution in [0, 0.1) is 35.5 Å². The second-order valence-corrected chi connectivity index (χ2v) is 7.05. The van der Waals surface area contributed by atoms with Gasteiger partial charge in [-0.25, -0.2) is 0 Å². The number of ether oxygens (including phenoxy) is 2. The number of carbonyl (C=O) groups is 2. The number of nitrogens with one attached hydrogen (secondary N) is 1. The van der Waals surface area contributed by atoms with E-state index in [1.54, 1.807) is 25.3 Å². The molecule has 0 unspecified atom stereocenters. The van der Waals surface area contributed by atoms with E-state index in [1.807, 2.05) is 12.2 Å². The summed E-state index contributed by atoms with van der Waals surface area (Å²) < 4.78 is 10.5. The van der Waals surface area contributed by atoms with Gasteiger partial charge in [-0.1, -0.05) is 12.2 Å². The van der Waals surface area contributed by atoms with Gasteiger partial charge < -0.3 is 19.9 Å². The zero-order valence-corrected chi connectivity index (χ0v) is 14.1. The van der Waals surface area contributed by atoms with E-state index in [9.17, 15) is 14.7 Å². The predicted octanol–water partition coefficient (Wildman–Crippen LogP) is 2.41. The lowest BCUT2D eigenvalue weighted by Crippen LogP contribution is -2.48. The number of rotatable bonds is 5. The molecule has 2 bridgehead atoms. The van der Waals surface area contributed by atoms with Crippen molar-refractivity contribution < 1.29 is 24.2 Å². The smallest absolute Gasteiger partial charge is 0.307 e. The van der Waals surface area contributed by atoms with Gasteiger partial charge in [-0.3, -0.25) is 9.59 Å². The average molecular weight is 343 g/mol. The van der Waals surface area contributed by atoms with Gasteiger partial charge in [-0.2, -0.15) is 0 Å². The number of hydrogen-bond donors (Lipinski definition) is 2. The van der Waals surface area contributed by atoms with Gasteiger partial charge in [0.2, 0.25) is 5.91 Å². The fraction of sp³-hybridized carbons (Fsp3) is 0.474. The summed E-state index contributed by atoms with van der Waals surface area (Å²) in [5, 5.41) is 12.6. The van der Waals surface area contributed by atoms with Crippen molar-refractivity contribution in [2.45, 2.75) is 6.42 Å². The summed E-state index contributed by atoms with van der Waals surface area (Å²) in [6.45, 7) is 0. The topological polar surface area (TPSA) is 84.9 Å². The van der Waals surface area contributed by atoms with Crippen LogP contribution in [0.5, 0.6) is 11.5 Å². The molecule has 2 N–H and O–H groups in total. The third-order valence-electron chi connectivity index (χ3n) is 5.91. The van der Waals surface area contributed by atoms with Gasteiger partial charge in [-0.15, -0.1) is 0 Å². The van der Waals surface area contributed by atoms with Crippen molar-refractivity contribution in [3.05, 3.63) is 30.4 Å². The van der Waals surface area contributed by atoms with Gasteiger partial charge in [0.05, 0.1) is 31.7 Å². The van der Waals surface area contributed by atoms with Crippen molar-refractivity contribution in [3.63, 3.8) is 0 Å². The highest BCUT2D eigenvalue weighted by molar-refractivity contribution is 5.97. The first-order chi connectivity index (χ1) is 12.0. The molecule has 0 saturated heterocycles. The lowest BCUT2D eigenvalue weighted by Gasteiger charge is -2.41. The van der Waals surface area contributed by atoms with Crippen molar-refractivity contribution >= 4 is 17.6 Å². The summed E-state index contributed by atoms with van der Waals surface area (Å²) in [6, 6.07) is 5.13. The summed E-state index contributed by atoms with van der Waals surface area (Å²) in [5.74, 6) is -0.326. The number of fused-ring (bicyclic) bond motifs is 1. The molecule has 0 aliphatic heterocycles. The van der Waals surface area contributed by atoms with Gasteiger partial charge in [0.25, 0.3) is 0 Å². The van der Waals surface area contributed by atoms with E-state index in [-0.39, 0.29) is 17.7 Å². The molecule has 2 saturated carbocycles. The minimum absolute atomic E-state index is 0.0142. The molecular weight excluding hydrogens is 322 g/mol. The number of amides is 1. The second-order valence-electron chi connectivity index (χ2n) is 7.05. The zero-order valence-electron chi connectivity index (χ0n) is 14.1. The number of anilines is 1. The molecule has 2 fully saturated rings. The van der Waals surface area contributed by atoms with Crippen LogP contribution in [-0.4, -0.2) is 31.2 Å². The first-order valence-electron chi connectivity index (χ1n) is 8.49. The second kappa shape index (κ2) is 5.79. The van der Waals surface area contributed by atoms with Gasteiger partial charge in [-0.05, 0) is 42.2 Å². The Kier molecular flexibility index (Phi) is 3.71. The van der Waals surface area contributed by atoms with E-state index in [4.69, 9.17) is 9.47 Å². The SMILES string of the molecule is COc1ccc(NC(=O)[C@@H]2[C@H]3C=C[C@H]([C@H]4C[C@H]34)[C@@H]2C(=O)O)c(OC)c1. The molecule has 6 atom stereocenters. The molecule has 4 aliphatic carbocycles. The molecule has 25 heavy (non-hydrogen) atoms. The van der Waals surface area contributed by atoms with Crippen LogP contribution in [0.2, 0.25) is 0 Å². The Balaban J connectivity index is 1.60. The third kappa shape index (κ3) is 2.47. The quantitative estimate of drug-likeness (QED) is 0.802. The summed E-state index contributed by atoms with van der Waals surface area (Å²) in [4.78, 5) is 24.8. The first kappa shape index (κ1) is 16.0. The largest absolute Gasteiger partial charge is 0.497 e. The fourth-order valence-corrected chi connectivity index (χ4v) is 4.69. The molecule has 1 aromatic rings. The molecule has 0 spiro atoms. The molecular formula is C19H21NO5. The van der Waals surface area contributed by atoms with E-state index < -0.39 is 17.8 Å². The minimum atomic E-state index is -0.883. The molecule has 4 aliphatic rings. The maximum Gasteiger partial charge on any atom is 0.307 e. The van der Waals surface area contributed by atoms with Crippen LogP contribution in [0.25, 0.3) is 0 Å². The van der Waals surface area contributed by atoms with E-state index >= 15 is 0 Å². The number of carboxylic acid groups (broad SMARTS) is 1. The standard InChI is InChI=1S/C19H21NO5/c1-24-9-3-6-14(15(7-9)25-2)20-18(21)16-10-4-5-11(13-8-12(10)13)17(16)19(22)23/h3-7,10-13,16-17H,8H2,1-2H3,(H,20,21)(H,22,23)/t10-,11+,12+,13+,16+,17-/m0/s1. The normalized spacial score (nSPS) is 34.2. The lowest BCUT2D eigenvalue weighted by atomic mass is 9.62. The van der Waals surface area contributed by atoms with E-state index in [0.717, 1.165) is 6.42 Å². The van der Waals surface area contributed by atoms with Crippen LogP contribution in [-0.2, 0) is 9.59 Å². The summed E-state index contributed by atoms with van der Waals surface area (Å²) in [6.07, 6.45) is 5.09. The highest BCUT2D eigenvalue weighted by atomic mass is 16.5. The van der Waals surface area contributed by atoms with Gasteiger partial charge >= 0.3 is 5.97 Å². The average Bonchev–Trinajstić information content (AvgIpc) is 3.43. The van der Waals surface area contributed by atoms with Crippen LogP contribution in [0.15, 0.2) is 30.4 Å². The van der Waals surface area contributed by atoms with Gasteiger partial charge in [0.15, 0.2) is 0 Å². The Bertz CT molecular complexity index is 758. The number of benzene rings is 1. The minimum Gasteiger partial charge on any atom is -0.497 e. The first-order valence-corrected chi connectivity index (χ1v) is 8.49. The zero-order chi connectivity index (χ0) is 17.7. The van der Waals surface area contributed by atoms with Crippen LogP contribution in [0.4, 0.5) is 5.69 Å².